The van der Waals surface area contributed by atoms with Gasteiger partial charge in [0, 0.05) is 17.5 Å². The Morgan fingerprint density at radius 3 is 2.60 bits per heavy atom. The second-order valence-electron chi connectivity index (χ2n) is 5.64. The molecule has 0 spiro atoms. The molecule has 0 aliphatic carbocycles. The van der Waals surface area contributed by atoms with Crippen LogP contribution in [0.2, 0.25) is 0 Å². The third-order valence-electron chi connectivity index (χ3n) is 3.79. The van der Waals surface area contributed by atoms with Gasteiger partial charge in [-0.3, -0.25) is 14.8 Å². The monoisotopic (exact) mass is 356 g/mol. The van der Waals surface area contributed by atoms with Crippen molar-refractivity contribution in [3.05, 3.63) is 46.6 Å². The van der Waals surface area contributed by atoms with E-state index in [1.807, 2.05) is 45.0 Å². The second kappa shape index (κ2) is 7.06. The van der Waals surface area contributed by atoms with Gasteiger partial charge < -0.3 is 4.74 Å². The summed E-state index contributed by atoms with van der Waals surface area (Å²) in [5, 5.41) is 7.55. The first-order valence-corrected chi connectivity index (χ1v) is 8.82. The van der Waals surface area contributed by atoms with Crippen LogP contribution in [0.15, 0.2) is 30.5 Å². The number of carbonyl (C=O) groups excluding carboxylic acids is 1. The molecule has 0 fully saturated rings. The molecule has 0 saturated heterocycles. The molecule has 2 aromatic heterocycles. The summed E-state index contributed by atoms with van der Waals surface area (Å²) in [5.41, 5.74) is 3.23. The minimum Gasteiger partial charge on any atom is -0.494 e. The van der Waals surface area contributed by atoms with Crippen molar-refractivity contribution in [3.63, 3.8) is 0 Å². The molecule has 1 aromatic carbocycles. The number of rotatable bonds is 5. The molecule has 1 N–H and O–H groups in total. The van der Waals surface area contributed by atoms with Gasteiger partial charge in [0.05, 0.1) is 18.5 Å². The van der Waals surface area contributed by atoms with Crippen LogP contribution in [0.3, 0.4) is 0 Å². The number of benzene rings is 1. The highest BCUT2D eigenvalue weighted by atomic mass is 32.1. The van der Waals surface area contributed by atoms with Crippen molar-refractivity contribution < 1.29 is 9.53 Å². The molecule has 25 heavy (non-hydrogen) atoms. The molecule has 7 heteroatoms. The molecule has 0 aliphatic heterocycles. The van der Waals surface area contributed by atoms with Crippen LogP contribution >= 0.6 is 11.3 Å². The molecule has 6 nitrogen and oxygen atoms in total. The fourth-order valence-electron chi connectivity index (χ4n) is 2.62. The zero-order chi connectivity index (χ0) is 18.0. The lowest BCUT2D eigenvalue weighted by atomic mass is 10.1. The van der Waals surface area contributed by atoms with Gasteiger partial charge in [-0.1, -0.05) is 0 Å². The Labute approximate surface area is 150 Å². The number of nitrogens with one attached hydrogen (secondary N) is 1. The summed E-state index contributed by atoms with van der Waals surface area (Å²) in [6.07, 6.45) is 1.67. The van der Waals surface area contributed by atoms with E-state index >= 15 is 0 Å². The van der Waals surface area contributed by atoms with Crippen LogP contribution in [0.5, 0.6) is 5.75 Å². The Bertz CT molecular complexity index is 877. The first-order valence-electron chi connectivity index (χ1n) is 8.00. The Morgan fingerprint density at radius 1 is 1.28 bits per heavy atom. The number of carbonyl (C=O) groups is 1. The fraction of sp³-hybridized carbons (Fsp3) is 0.278. The van der Waals surface area contributed by atoms with Crippen molar-refractivity contribution in [1.82, 2.24) is 14.8 Å². The molecular weight excluding hydrogens is 336 g/mol. The number of amides is 1. The van der Waals surface area contributed by atoms with E-state index in [1.54, 1.807) is 17.9 Å². The largest absolute Gasteiger partial charge is 0.494 e. The Morgan fingerprint density at radius 2 is 2.00 bits per heavy atom. The lowest BCUT2D eigenvalue weighted by Crippen LogP contribution is -2.17. The summed E-state index contributed by atoms with van der Waals surface area (Å²) in [7, 11) is 1.75. The van der Waals surface area contributed by atoms with Crippen LogP contribution in [0.25, 0.3) is 11.3 Å². The number of hydrogen-bond donors (Lipinski definition) is 1. The average molecular weight is 356 g/mol. The third kappa shape index (κ3) is 3.56. The van der Waals surface area contributed by atoms with Crippen LogP contribution in [-0.4, -0.2) is 27.3 Å². The number of hydrogen-bond acceptors (Lipinski definition) is 5. The topological polar surface area (TPSA) is 69.0 Å². The van der Waals surface area contributed by atoms with Gasteiger partial charge in [0.25, 0.3) is 5.91 Å². The second-order valence-corrected chi connectivity index (χ2v) is 6.84. The summed E-state index contributed by atoms with van der Waals surface area (Å²) in [6, 6.07) is 7.80. The highest BCUT2D eigenvalue weighted by Crippen LogP contribution is 2.31. The zero-order valence-corrected chi connectivity index (χ0v) is 15.5. The van der Waals surface area contributed by atoms with Gasteiger partial charge in [0.1, 0.15) is 11.4 Å². The van der Waals surface area contributed by atoms with Crippen molar-refractivity contribution >= 4 is 22.4 Å². The van der Waals surface area contributed by atoms with E-state index in [-0.39, 0.29) is 5.91 Å². The number of aryl methyl sites for hydroxylation is 3. The third-order valence-corrected chi connectivity index (χ3v) is 4.68. The van der Waals surface area contributed by atoms with E-state index < -0.39 is 0 Å². The summed E-state index contributed by atoms with van der Waals surface area (Å²) in [6.45, 7) is 6.45. The number of aromatic nitrogens is 3. The lowest BCUT2D eigenvalue weighted by molar-refractivity contribution is 0.101. The maximum absolute atomic E-state index is 12.5. The Hall–Kier alpha value is -2.67. The average Bonchev–Trinajstić information content (AvgIpc) is 3.10. The van der Waals surface area contributed by atoms with Crippen molar-refractivity contribution in [2.75, 3.05) is 11.9 Å². The number of anilines is 1. The Kier molecular flexibility index (Phi) is 4.85. The molecular formula is C18H20N4O2S. The molecule has 2 heterocycles. The molecule has 3 aromatic rings. The molecule has 130 valence electrons. The van der Waals surface area contributed by atoms with Gasteiger partial charge in [0.15, 0.2) is 5.13 Å². The van der Waals surface area contributed by atoms with Gasteiger partial charge in [-0.05, 0) is 50.6 Å². The molecule has 3 rings (SSSR count). The van der Waals surface area contributed by atoms with Gasteiger partial charge in [0.2, 0.25) is 0 Å². The van der Waals surface area contributed by atoms with Crippen molar-refractivity contribution in [2.45, 2.75) is 20.8 Å². The van der Waals surface area contributed by atoms with E-state index in [2.05, 4.69) is 15.4 Å². The minimum atomic E-state index is -0.204. The van der Waals surface area contributed by atoms with E-state index in [0.29, 0.717) is 17.4 Å². The van der Waals surface area contributed by atoms with E-state index in [4.69, 9.17) is 4.74 Å². The van der Waals surface area contributed by atoms with Crippen LogP contribution in [0.4, 0.5) is 5.13 Å². The zero-order valence-electron chi connectivity index (χ0n) is 14.7. The SMILES string of the molecule is CCOc1ccc(-c2nc(NC(=O)c3c(C)cnn3C)sc2C)cc1. The number of thiazole rings is 1. The van der Waals surface area contributed by atoms with Crippen LogP contribution in [0, 0.1) is 13.8 Å². The van der Waals surface area contributed by atoms with Gasteiger partial charge in [-0.25, -0.2) is 4.98 Å². The number of ether oxygens (including phenoxy) is 1. The molecule has 0 bridgehead atoms. The van der Waals surface area contributed by atoms with Crippen molar-refractivity contribution in [1.29, 1.82) is 0 Å². The summed E-state index contributed by atoms with van der Waals surface area (Å²) in [5.74, 6) is 0.629. The summed E-state index contributed by atoms with van der Waals surface area (Å²) in [4.78, 5) is 18.1. The van der Waals surface area contributed by atoms with Gasteiger partial charge in [-0.15, -0.1) is 11.3 Å². The van der Waals surface area contributed by atoms with E-state index in [9.17, 15) is 4.79 Å². The lowest BCUT2D eigenvalue weighted by Gasteiger charge is -2.04. The molecule has 0 atom stereocenters. The molecule has 1 amide bonds. The standard InChI is InChI=1S/C18H20N4O2S/c1-5-24-14-8-6-13(7-9-14)15-12(3)25-18(20-15)21-17(23)16-11(2)10-19-22(16)4/h6-10H,5H2,1-4H3,(H,20,21,23). The molecule has 0 unspecified atom stereocenters. The van der Waals surface area contributed by atoms with Crippen molar-refractivity contribution in [3.8, 4) is 17.0 Å². The quantitative estimate of drug-likeness (QED) is 0.755. The van der Waals surface area contributed by atoms with Gasteiger partial charge in [-0.2, -0.15) is 5.10 Å². The first kappa shape index (κ1) is 17.2. The van der Waals surface area contributed by atoms with Gasteiger partial charge >= 0.3 is 0 Å². The maximum atomic E-state index is 12.5. The van der Waals surface area contributed by atoms with E-state index in [0.717, 1.165) is 27.4 Å². The normalized spacial score (nSPS) is 10.7. The summed E-state index contributed by atoms with van der Waals surface area (Å²) < 4.78 is 7.03. The predicted octanol–water partition coefficient (Wildman–Crippen LogP) is 3.81. The Balaban J connectivity index is 1.81. The van der Waals surface area contributed by atoms with Crippen LogP contribution < -0.4 is 10.1 Å². The highest BCUT2D eigenvalue weighted by Gasteiger charge is 2.17. The van der Waals surface area contributed by atoms with Crippen LogP contribution in [0.1, 0.15) is 27.9 Å². The minimum absolute atomic E-state index is 0.204. The maximum Gasteiger partial charge on any atom is 0.275 e. The molecule has 0 saturated carbocycles. The highest BCUT2D eigenvalue weighted by molar-refractivity contribution is 7.16. The molecule has 0 radical (unpaired) electrons. The molecule has 0 aliphatic rings. The van der Waals surface area contributed by atoms with Crippen molar-refractivity contribution in [2.24, 2.45) is 7.05 Å². The first-order chi connectivity index (χ1) is 12.0. The predicted molar refractivity (Wildman–Crippen MR) is 99.4 cm³/mol. The van der Waals surface area contributed by atoms with E-state index in [1.165, 1.54) is 11.3 Å². The smallest absolute Gasteiger partial charge is 0.275 e. The number of nitrogens with zero attached hydrogens (tertiary/aromatic N) is 3. The van der Waals surface area contributed by atoms with Crippen LogP contribution in [-0.2, 0) is 7.05 Å². The fourth-order valence-corrected chi connectivity index (χ4v) is 3.45. The summed E-state index contributed by atoms with van der Waals surface area (Å²) >= 11 is 1.46.